The van der Waals surface area contributed by atoms with Gasteiger partial charge in [0.15, 0.2) is 0 Å². The first kappa shape index (κ1) is 15.6. The molecule has 0 spiro atoms. The number of hydrogen-bond acceptors (Lipinski definition) is 3. The summed E-state index contributed by atoms with van der Waals surface area (Å²) in [5.74, 6) is 0. The normalized spacial score (nSPS) is 23.8. The number of imidazole rings is 1. The summed E-state index contributed by atoms with van der Waals surface area (Å²) >= 11 is 10.3. The zero-order valence-electron chi connectivity index (χ0n) is 12.2. The van der Waals surface area contributed by atoms with Crippen LogP contribution in [0.1, 0.15) is 18.9 Å². The fraction of sp³-hybridized carbons (Fsp3) is 0.312. The van der Waals surface area contributed by atoms with E-state index < -0.39 is 0 Å². The van der Waals surface area contributed by atoms with Crippen molar-refractivity contribution in [3.63, 3.8) is 0 Å². The maximum absolute atomic E-state index is 6.10. The minimum atomic E-state index is 0.367. The Balaban J connectivity index is 1.56. The molecule has 23 heavy (non-hydrogen) atoms. The number of rotatable bonds is 4. The Kier molecular flexibility index (Phi) is 4.18. The molecule has 0 N–H and O–H groups in total. The Labute approximate surface area is 154 Å². The molecular weight excluding hydrogens is 443 g/mol. The van der Waals surface area contributed by atoms with Crippen LogP contribution >= 0.6 is 27.5 Å². The van der Waals surface area contributed by atoms with Crippen LogP contribution in [0.2, 0.25) is 9.47 Å². The molecule has 7 heteroatoms. The molecule has 1 aromatic carbocycles. The predicted molar refractivity (Wildman–Crippen MR) is 96.9 cm³/mol. The molecule has 4 nitrogen and oxygen atoms in total. The third kappa shape index (κ3) is 2.82. The molecule has 0 amide bonds. The summed E-state index contributed by atoms with van der Waals surface area (Å²) in [6, 6.07) is 11.2. The molecule has 118 valence electrons. The average molecular weight is 457 g/mol. The van der Waals surface area contributed by atoms with E-state index in [1.54, 1.807) is 0 Å². The van der Waals surface area contributed by atoms with E-state index in [1.807, 2.05) is 6.33 Å². The van der Waals surface area contributed by atoms with Gasteiger partial charge in [0, 0.05) is 0 Å². The van der Waals surface area contributed by atoms with Crippen LogP contribution in [-0.4, -0.2) is 39.8 Å². The quantitative estimate of drug-likeness (QED) is 0.343. The van der Waals surface area contributed by atoms with Gasteiger partial charge in [-0.15, -0.1) is 0 Å². The van der Waals surface area contributed by atoms with Crippen LogP contribution in [0, 0.1) is 0 Å². The number of halogens is 2. The Hall–Kier alpha value is -0.941. The monoisotopic (exact) mass is 456 g/mol. The van der Waals surface area contributed by atoms with E-state index in [4.69, 9.17) is 11.6 Å². The Morgan fingerprint density at radius 1 is 1.22 bits per heavy atom. The fourth-order valence-electron chi connectivity index (χ4n) is 3.04. The second kappa shape index (κ2) is 6.17. The summed E-state index contributed by atoms with van der Waals surface area (Å²) in [6.07, 6.45) is 5.64. The molecule has 1 fully saturated rings. The van der Waals surface area contributed by atoms with Crippen molar-refractivity contribution in [2.45, 2.75) is 23.2 Å². The molecule has 2 aromatic heterocycles. The van der Waals surface area contributed by atoms with E-state index in [0.29, 0.717) is 36.0 Å². The molecule has 0 unspecified atom stereocenters. The molecule has 0 bridgehead atoms. The summed E-state index contributed by atoms with van der Waals surface area (Å²) in [5.41, 5.74) is 1.53. The van der Waals surface area contributed by atoms with Crippen molar-refractivity contribution in [2.75, 3.05) is 5.33 Å². The Morgan fingerprint density at radius 3 is 2.74 bits per heavy atom. The molecular formula is C16H14BrClN4Se. The molecule has 0 aliphatic heterocycles. The summed E-state index contributed by atoms with van der Waals surface area (Å²) in [7, 11) is 0. The van der Waals surface area contributed by atoms with Gasteiger partial charge in [-0.1, -0.05) is 0 Å². The third-order valence-electron chi connectivity index (χ3n) is 4.24. The number of fused-ring (bicyclic) bond motifs is 1. The molecule has 1 aliphatic carbocycles. The van der Waals surface area contributed by atoms with E-state index >= 15 is 0 Å². The maximum atomic E-state index is 6.10. The van der Waals surface area contributed by atoms with Crippen LogP contribution in [0.3, 0.4) is 0 Å². The summed E-state index contributed by atoms with van der Waals surface area (Å²) < 4.78 is 3.98. The van der Waals surface area contributed by atoms with Gasteiger partial charge < -0.3 is 0 Å². The summed E-state index contributed by atoms with van der Waals surface area (Å²) in [4.78, 5) is 12.7. The van der Waals surface area contributed by atoms with Crippen LogP contribution in [0.5, 0.6) is 0 Å². The van der Waals surface area contributed by atoms with Gasteiger partial charge >= 0.3 is 154 Å². The first-order valence-corrected chi connectivity index (χ1v) is 10.6. The molecule has 0 atom stereocenters. The van der Waals surface area contributed by atoms with Crippen LogP contribution in [0.15, 0.2) is 43.0 Å². The van der Waals surface area contributed by atoms with Gasteiger partial charge in [0.25, 0.3) is 0 Å². The van der Waals surface area contributed by atoms with Crippen molar-refractivity contribution in [1.82, 2.24) is 19.5 Å². The van der Waals surface area contributed by atoms with Gasteiger partial charge in [0.2, 0.25) is 0 Å². The SMILES string of the molecule is Clc1ncnc2c1ncn2C1CC(CBr)([Se]c2ccccc2)C1. The second-order valence-corrected chi connectivity index (χ2v) is 9.94. The zero-order chi connectivity index (χ0) is 15.9. The van der Waals surface area contributed by atoms with E-state index in [1.165, 1.54) is 10.8 Å². The Morgan fingerprint density at radius 2 is 2.00 bits per heavy atom. The van der Waals surface area contributed by atoms with Crippen molar-refractivity contribution in [2.24, 2.45) is 0 Å². The number of benzene rings is 1. The fourth-order valence-corrected chi connectivity index (χ4v) is 7.21. The minimum absolute atomic E-state index is 0.367. The molecule has 0 saturated heterocycles. The third-order valence-corrected chi connectivity index (χ3v) is 9.41. The van der Waals surface area contributed by atoms with Gasteiger partial charge in [-0.3, -0.25) is 0 Å². The number of nitrogens with zero attached hydrogens (tertiary/aromatic N) is 4. The van der Waals surface area contributed by atoms with Crippen molar-refractivity contribution >= 4 is 58.1 Å². The van der Waals surface area contributed by atoms with Gasteiger partial charge in [-0.25, -0.2) is 0 Å². The van der Waals surface area contributed by atoms with E-state index in [2.05, 4.69) is 65.8 Å². The van der Waals surface area contributed by atoms with Crippen LogP contribution in [0.4, 0.5) is 0 Å². The molecule has 3 aromatic rings. The summed E-state index contributed by atoms with van der Waals surface area (Å²) in [5, 5.41) is 1.46. The number of hydrogen-bond donors (Lipinski definition) is 0. The van der Waals surface area contributed by atoms with Crippen molar-refractivity contribution in [3.8, 4) is 0 Å². The van der Waals surface area contributed by atoms with Gasteiger partial charge in [-0.2, -0.15) is 0 Å². The zero-order valence-corrected chi connectivity index (χ0v) is 16.2. The molecule has 1 aliphatic rings. The standard InChI is InChI=1S/C16H14BrClN4Se/c17-8-16(23-12-4-2-1-3-5-12)6-11(7-16)22-10-21-13-14(18)19-9-20-15(13)22/h1-5,9-11H,6-8H2. The second-order valence-electron chi connectivity index (χ2n) is 5.78. The molecule has 4 rings (SSSR count). The molecule has 0 radical (unpaired) electrons. The molecule has 1 saturated carbocycles. The van der Waals surface area contributed by atoms with Crippen LogP contribution < -0.4 is 4.46 Å². The molecule has 2 heterocycles. The number of alkyl halides is 1. The van der Waals surface area contributed by atoms with E-state index in [-0.39, 0.29) is 0 Å². The summed E-state index contributed by atoms with van der Waals surface area (Å²) in [6.45, 7) is 0. The predicted octanol–water partition coefficient (Wildman–Crippen LogP) is 3.40. The van der Waals surface area contributed by atoms with Crippen molar-refractivity contribution in [3.05, 3.63) is 48.1 Å². The van der Waals surface area contributed by atoms with Gasteiger partial charge in [-0.05, 0) is 0 Å². The number of aromatic nitrogens is 4. The van der Waals surface area contributed by atoms with Crippen LogP contribution in [0.25, 0.3) is 11.2 Å². The van der Waals surface area contributed by atoms with Crippen molar-refractivity contribution in [1.29, 1.82) is 0 Å². The average Bonchev–Trinajstić information content (AvgIpc) is 2.97. The van der Waals surface area contributed by atoms with E-state index in [9.17, 15) is 0 Å². The Bertz CT molecular complexity index is 832. The van der Waals surface area contributed by atoms with Crippen molar-refractivity contribution < 1.29 is 0 Å². The van der Waals surface area contributed by atoms with E-state index in [0.717, 1.165) is 23.8 Å². The topological polar surface area (TPSA) is 43.6 Å². The van der Waals surface area contributed by atoms with Crippen LogP contribution in [-0.2, 0) is 0 Å². The van der Waals surface area contributed by atoms with Gasteiger partial charge in [0.1, 0.15) is 0 Å². The first-order chi connectivity index (χ1) is 11.2. The van der Waals surface area contributed by atoms with Gasteiger partial charge in [0.05, 0.1) is 0 Å². The first-order valence-electron chi connectivity index (χ1n) is 7.34.